The van der Waals surface area contributed by atoms with E-state index in [4.69, 9.17) is 4.79 Å². The van der Waals surface area contributed by atoms with E-state index in [9.17, 15) is 14.7 Å². The smallest absolute Gasteiger partial charge is 0.310 e. The summed E-state index contributed by atoms with van der Waals surface area (Å²) in [5, 5.41) is 10.2. The molecule has 1 unspecified atom stereocenters. The van der Waals surface area contributed by atoms with Gasteiger partial charge in [0, 0.05) is 13.8 Å². The number of ether oxygens (including phenoxy) is 1. The first kappa shape index (κ1) is 33.0. The van der Waals surface area contributed by atoms with Gasteiger partial charge in [0.05, 0.1) is 6.10 Å². The molecule has 0 aromatic rings. The number of allylic oxidation sites excluding steroid dienone is 1. The van der Waals surface area contributed by atoms with Gasteiger partial charge in [-0.1, -0.05) is 65.5 Å². The van der Waals surface area contributed by atoms with Crippen LogP contribution in [0, 0.1) is 46.3 Å². The first-order valence-corrected chi connectivity index (χ1v) is 15.3. The number of carbonyl (C=O) groups is 3. The van der Waals surface area contributed by atoms with Crippen molar-refractivity contribution in [2.45, 2.75) is 125 Å². The lowest BCUT2D eigenvalue weighted by Crippen LogP contribution is -2.50. The van der Waals surface area contributed by atoms with Crippen LogP contribution < -0.4 is 0 Å². The summed E-state index contributed by atoms with van der Waals surface area (Å²) in [6, 6.07) is 0. The Hall–Kier alpha value is -1.20. The molecule has 0 saturated heterocycles. The number of hydrogen-bond donors (Lipinski definition) is 1. The summed E-state index contributed by atoms with van der Waals surface area (Å²) >= 11 is 4.32. The lowest BCUT2D eigenvalue weighted by Gasteiger charge is -2.58. The Morgan fingerprint density at radius 3 is 2.24 bits per heavy atom. The first-order chi connectivity index (χ1) is 17.8. The van der Waals surface area contributed by atoms with E-state index < -0.39 is 11.9 Å². The van der Waals surface area contributed by atoms with Gasteiger partial charge in [-0.25, -0.2) is 0 Å². The van der Waals surface area contributed by atoms with Crippen molar-refractivity contribution in [3.05, 3.63) is 11.6 Å². The molecule has 3 saturated carbocycles. The van der Waals surface area contributed by atoms with Gasteiger partial charge in [0.15, 0.2) is 0 Å². The lowest BCUT2D eigenvalue weighted by molar-refractivity contribution is -0.156. The maximum absolute atomic E-state index is 10.2. The highest BCUT2D eigenvalue weighted by molar-refractivity contribution is 6.54. The van der Waals surface area contributed by atoms with E-state index in [1.165, 1.54) is 71.6 Å². The van der Waals surface area contributed by atoms with Crippen LogP contribution in [-0.4, -0.2) is 28.9 Å². The Morgan fingerprint density at radius 1 is 1.05 bits per heavy atom. The maximum atomic E-state index is 10.2. The van der Waals surface area contributed by atoms with Gasteiger partial charge in [-0.3, -0.25) is 14.4 Å². The monoisotopic (exact) mass is 552 g/mol. The SMILES string of the molecule is CC(=O)OC(C)=O.CC(C)CCCC(C)[C@H]1CC[C@H]2[C@@H]3CC=C4C[C@@H](O)CC[C@]4(C)[C@H]3CC[C@]12C.O=CCl. The molecule has 0 aliphatic heterocycles. The molecule has 4 rings (SSSR count). The van der Waals surface area contributed by atoms with Gasteiger partial charge in [-0.15, -0.1) is 0 Å². The third-order valence-electron chi connectivity index (χ3n) is 10.6. The molecular weight excluding hydrogens is 500 g/mol. The minimum atomic E-state index is -0.562. The molecular formula is C32H53ClO5. The van der Waals surface area contributed by atoms with Crippen LogP contribution in [0.25, 0.3) is 0 Å². The number of esters is 2. The van der Waals surface area contributed by atoms with Gasteiger partial charge < -0.3 is 9.84 Å². The van der Waals surface area contributed by atoms with Gasteiger partial charge in [0.2, 0.25) is 5.75 Å². The van der Waals surface area contributed by atoms with E-state index in [-0.39, 0.29) is 11.8 Å². The minimum Gasteiger partial charge on any atom is -0.394 e. The summed E-state index contributed by atoms with van der Waals surface area (Å²) in [6.07, 6.45) is 17.2. The first-order valence-electron chi connectivity index (χ1n) is 14.9. The second-order valence-corrected chi connectivity index (χ2v) is 13.5. The number of aliphatic hydroxyl groups excluding tert-OH is 1. The van der Waals surface area contributed by atoms with E-state index >= 15 is 0 Å². The van der Waals surface area contributed by atoms with Crippen LogP contribution in [0.5, 0.6) is 0 Å². The van der Waals surface area contributed by atoms with Crippen molar-refractivity contribution >= 4 is 29.3 Å². The molecule has 6 heteroatoms. The van der Waals surface area contributed by atoms with Crippen molar-refractivity contribution in [2.75, 3.05) is 0 Å². The highest BCUT2D eigenvalue weighted by atomic mass is 35.5. The van der Waals surface area contributed by atoms with Crippen LogP contribution in [0.2, 0.25) is 0 Å². The number of aliphatic hydroxyl groups is 1. The second-order valence-electron chi connectivity index (χ2n) is 13.4. The summed E-state index contributed by atoms with van der Waals surface area (Å²) in [5.41, 5.74) is 2.60. The molecule has 4 aliphatic carbocycles. The largest absolute Gasteiger partial charge is 0.394 e. The normalized spacial score (nSPS) is 36.1. The third-order valence-corrected chi connectivity index (χ3v) is 10.6. The summed E-state index contributed by atoms with van der Waals surface area (Å²) in [7, 11) is 0. The molecule has 8 atom stereocenters. The standard InChI is InChI=1S/C27H46O.C4H6O3.CHClO/c1-18(2)7-6-8-19(3)23-11-12-24-22-10-9-20-17-21(28)13-15-26(20,4)25(22)14-16-27(23,24)5;1-3(5)7-4(2)6;2-1-3/h9,18-19,21-25,28H,6-8,10-17H2,1-5H3;1-2H3;1H/t19?,21-,22-,23+,24-,25-,26-,27+;;/m0../s1. The van der Waals surface area contributed by atoms with Gasteiger partial charge in [0.1, 0.15) is 0 Å². The topological polar surface area (TPSA) is 80.7 Å². The molecule has 3 fully saturated rings. The van der Waals surface area contributed by atoms with Crippen molar-refractivity contribution in [3.8, 4) is 0 Å². The third kappa shape index (κ3) is 7.93. The zero-order valence-electron chi connectivity index (χ0n) is 24.9. The molecule has 0 aromatic heterocycles. The predicted octanol–water partition coefficient (Wildman–Crippen LogP) is 7.90. The van der Waals surface area contributed by atoms with Crippen molar-refractivity contribution in [1.82, 2.24) is 0 Å². The number of fused-ring (bicyclic) bond motifs is 5. The molecule has 0 bridgehead atoms. The lowest BCUT2D eigenvalue weighted by atomic mass is 9.47. The van der Waals surface area contributed by atoms with Gasteiger partial charge >= 0.3 is 11.9 Å². The van der Waals surface area contributed by atoms with E-state index in [2.05, 4.69) is 57.0 Å². The number of rotatable bonds is 5. The number of halogens is 1. The predicted molar refractivity (Wildman–Crippen MR) is 154 cm³/mol. The molecule has 0 amide bonds. The van der Waals surface area contributed by atoms with E-state index in [1.54, 1.807) is 5.57 Å². The molecule has 0 heterocycles. The average Bonchev–Trinajstić information content (AvgIpc) is 3.16. The van der Waals surface area contributed by atoms with Crippen LogP contribution in [-0.2, 0) is 19.1 Å². The Labute approximate surface area is 236 Å². The fourth-order valence-corrected chi connectivity index (χ4v) is 8.87. The Morgan fingerprint density at radius 2 is 1.68 bits per heavy atom. The van der Waals surface area contributed by atoms with Gasteiger partial charge in [0.25, 0.3) is 0 Å². The highest BCUT2D eigenvalue weighted by Crippen LogP contribution is 2.67. The fraction of sp³-hybridized carbons (Fsp3) is 0.844. The highest BCUT2D eigenvalue weighted by Gasteiger charge is 2.59. The van der Waals surface area contributed by atoms with Crippen molar-refractivity contribution in [3.63, 3.8) is 0 Å². The zero-order valence-corrected chi connectivity index (χ0v) is 25.7. The van der Waals surface area contributed by atoms with Crippen LogP contribution in [0.15, 0.2) is 11.6 Å². The van der Waals surface area contributed by atoms with Gasteiger partial charge in [-0.2, -0.15) is 0 Å². The molecule has 4 aliphatic rings. The molecule has 218 valence electrons. The Balaban J connectivity index is 0.000000436. The van der Waals surface area contributed by atoms with E-state index in [0.717, 1.165) is 48.3 Å². The molecule has 1 N–H and O–H groups in total. The Kier molecular flexibility index (Phi) is 12.5. The molecule has 5 nitrogen and oxygen atoms in total. The van der Waals surface area contributed by atoms with E-state index in [1.807, 2.05) is 0 Å². The van der Waals surface area contributed by atoms with Gasteiger partial charge in [-0.05, 0) is 109 Å². The van der Waals surface area contributed by atoms with E-state index in [0.29, 0.717) is 10.8 Å². The van der Waals surface area contributed by atoms with Crippen LogP contribution in [0.1, 0.15) is 119 Å². The van der Waals surface area contributed by atoms with Crippen molar-refractivity contribution < 1.29 is 24.2 Å². The van der Waals surface area contributed by atoms with Crippen molar-refractivity contribution in [1.29, 1.82) is 0 Å². The fourth-order valence-electron chi connectivity index (χ4n) is 8.87. The molecule has 0 aromatic carbocycles. The summed E-state index contributed by atoms with van der Waals surface area (Å²) in [5.74, 6) is 4.55. The number of hydrogen-bond acceptors (Lipinski definition) is 5. The minimum absolute atomic E-state index is 0.0766. The molecule has 38 heavy (non-hydrogen) atoms. The number of carbonyl (C=O) groups excluding carboxylic acids is 3. The molecule has 0 radical (unpaired) electrons. The summed E-state index contributed by atoms with van der Waals surface area (Å²) in [6.45, 7) is 14.9. The average molecular weight is 553 g/mol. The molecule has 0 spiro atoms. The quantitative estimate of drug-likeness (QED) is 0.123. The maximum Gasteiger partial charge on any atom is 0.310 e. The Bertz CT molecular complexity index is 826. The summed E-state index contributed by atoms with van der Waals surface area (Å²) in [4.78, 5) is 28.2. The zero-order chi connectivity index (χ0) is 28.7. The van der Waals surface area contributed by atoms with Crippen molar-refractivity contribution in [2.24, 2.45) is 46.3 Å². The van der Waals surface area contributed by atoms with Crippen LogP contribution in [0.4, 0.5) is 0 Å². The van der Waals surface area contributed by atoms with Crippen LogP contribution >= 0.6 is 11.6 Å². The van der Waals surface area contributed by atoms with Crippen LogP contribution in [0.3, 0.4) is 0 Å². The summed E-state index contributed by atoms with van der Waals surface area (Å²) < 4.78 is 3.97. The second kappa shape index (κ2) is 14.4.